The summed E-state index contributed by atoms with van der Waals surface area (Å²) >= 11 is 0. The Hall–Kier alpha value is -2.32. The van der Waals surface area contributed by atoms with Crippen LogP contribution < -0.4 is 5.32 Å². The van der Waals surface area contributed by atoms with Crippen LogP contribution in [0, 0.1) is 11.3 Å². The van der Waals surface area contributed by atoms with E-state index in [2.05, 4.69) is 46.3 Å². The van der Waals surface area contributed by atoms with Gasteiger partial charge in [-0.25, -0.2) is 0 Å². The Labute approximate surface area is 162 Å². The number of aryl methyl sites for hydroxylation is 2. The van der Waals surface area contributed by atoms with E-state index < -0.39 is 0 Å². The number of amides is 1. The molecule has 0 radical (unpaired) electrons. The van der Waals surface area contributed by atoms with E-state index in [0.717, 1.165) is 51.1 Å². The van der Waals surface area contributed by atoms with Crippen molar-refractivity contribution in [3.63, 3.8) is 0 Å². The van der Waals surface area contributed by atoms with Crippen LogP contribution in [0.4, 0.5) is 0 Å². The predicted molar refractivity (Wildman–Crippen MR) is 107 cm³/mol. The topological polar surface area (TPSA) is 59.4 Å². The molecule has 1 saturated heterocycles. The lowest BCUT2D eigenvalue weighted by atomic mass is 9.89. The molecule has 3 rings (SSSR count). The minimum Gasteiger partial charge on any atom is -0.374 e. The van der Waals surface area contributed by atoms with E-state index in [4.69, 9.17) is 0 Å². The van der Waals surface area contributed by atoms with Crippen molar-refractivity contribution >= 4 is 5.91 Å². The first-order valence-corrected chi connectivity index (χ1v) is 10.1. The van der Waals surface area contributed by atoms with Gasteiger partial charge >= 0.3 is 0 Å². The van der Waals surface area contributed by atoms with Crippen LogP contribution in [-0.4, -0.2) is 48.4 Å². The highest BCUT2D eigenvalue weighted by Gasteiger charge is 2.19. The summed E-state index contributed by atoms with van der Waals surface area (Å²) < 4.78 is 0. The summed E-state index contributed by atoms with van der Waals surface area (Å²) in [6, 6.07) is 8.48. The maximum Gasteiger partial charge on any atom is 0.263 e. The standard InChI is InChI=1S/C22H30N4O/c1-3-25-10-12-26(13-11-25)16-21(15-23)22(27)24-17(2)19-9-8-18-6-4-5-7-20(18)14-19/h8-9,14,16-17H,3-7,10-13H2,1-2H3,(H,24,27)/b21-16-. The third-order valence-corrected chi connectivity index (χ3v) is 5.75. The highest BCUT2D eigenvalue weighted by molar-refractivity contribution is 5.97. The Morgan fingerprint density at radius 1 is 1.22 bits per heavy atom. The number of hydrogen-bond acceptors (Lipinski definition) is 4. The molecule has 1 N–H and O–H groups in total. The van der Waals surface area contributed by atoms with Crippen LogP contribution >= 0.6 is 0 Å². The fraction of sp³-hybridized carbons (Fsp3) is 0.545. The second-order valence-corrected chi connectivity index (χ2v) is 7.56. The lowest BCUT2D eigenvalue weighted by molar-refractivity contribution is -0.117. The molecule has 1 aliphatic carbocycles. The summed E-state index contributed by atoms with van der Waals surface area (Å²) in [5.41, 5.74) is 4.14. The van der Waals surface area contributed by atoms with Gasteiger partial charge in [0, 0.05) is 32.4 Å². The predicted octanol–water partition coefficient (Wildman–Crippen LogP) is 2.79. The van der Waals surface area contributed by atoms with Gasteiger partial charge in [-0.3, -0.25) is 4.79 Å². The zero-order chi connectivity index (χ0) is 19.2. The van der Waals surface area contributed by atoms with E-state index >= 15 is 0 Å². The molecule has 1 amide bonds. The number of carbonyl (C=O) groups excluding carboxylic acids is 1. The van der Waals surface area contributed by atoms with E-state index in [1.807, 2.05) is 6.92 Å². The van der Waals surface area contributed by atoms with Crippen molar-refractivity contribution in [2.24, 2.45) is 0 Å². The summed E-state index contributed by atoms with van der Waals surface area (Å²) in [7, 11) is 0. The molecule has 1 aromatic carbocycles. The summed E-state index contributed by atoms with van der Waals surface area (Å²) in [5.74, 6) is -0.291. The third kappa shape index (κ3) is 4.90. The lowest BCUT2D eigenvalue weighted by Gasteiger charge is -2.33. The number of benzene rings is 1. The largest absolute Gasteiger partial charge is 0.374 e. The average molecular weight is 367 g/mol. The first kappa shape index (κ1) is 19.4. The van der Waals surface area contributed by atoms with Crippen LogP contribution in [0.1, 0.15) is 49.4 Å². The Bertz CT molecular complexity index is 741. The summed E-state index contributed by atoms with van der Waals surface area (Å²) in [4.78, 5) is 17.0. The van der Waals surface area contributed by atoms with Gasteiger partial charge in [-0.1, -0.05) is 25.1 Å². The van der Waals surface area contributed by atoms with Gasteiger partial charge < -0.3 is 15.1 Å². The average Bonchev–Trinajstić information content (AvgIpc) is 2.71. The molecule has 5 nitrogen and oxygen atoms in total. The maximum atomic E-state index is 12.6. The molecule has 1 atom stereocenters. The fourth-order valence-electron chi connectivity index (χ4n) is 3.91. The Kier molecular flexibility index (Phi) is 6.52. The van der Waals surface area contributed by atoms with E-state index in [1.165, 1.54) is 24.0 Å². The van der Waals surface area contributed by atoms with Crippen molar-refractivity contribution in [1.29, 1.82) is 5.26 Å². The number of piperazine rings is 1. The normalized spacial score (nSPS) is 19.1. The number of fused-ring (bicyclic) bond motifs is 1. The highest BCUT2D eigenvalue weighted by Crippen LogP contribution is 2.25. The van der Waals surface area contributed by atoms with E-state index in [0.29, 0.717) is 0 Å². The number of hydrogen-bond donors (Lipinski definition) is 1. The zero-order valence-electron chi connectivity index (χ0n) is 16.5. The maximum absolute atomic E-state index is 12.6. The number of nitrogens with zero attached hydrogens (tertiary/aromatic N) is 3. The summed E-state index contributed by atoms with van der Waals surface area (Å²) in [6.45, 7) is 8.83. The van der Waals surface area contributed by atoms with Crippen molar-refractivity contribution in [1.82, 2.24) is 15.1 Å². The van der Waals surface area contributed by atoms with Crippen LogP contribution in [0.15, 0.2) is 30.0 Å². The Balaban J connectivity index is 1.62. The molecule has 0 spiro atoms. The van der Waals surface area contributed by atoms with Gasteiger partial charge in [0.15, 0.2) is 0 Å². The van der Waals surface area contributed by atoms with Crippen LogP contribution in [0.5, 0.6) is 0 Å². The first-order chi connectivity index (χ1) is 13.1. The van der Waals surface area contributed by atoms with Gasteiger partial charge in [0.1, 0.15) is 11.6 Å². The molecule has 1 aromatic rings. The zero-order valence-corrected chi connectivity index (χ0v) is 16.5. The van der Waals surface area contributed by atoms with E-state index in [1.54, 1.807) is 6.20 Å². The number of carbonyl (C=O) groups is 1. The van der Waals surface area contributed by atoms with Crippen LogP contribution in [0.2, 0.25) is 0 Å². The third-order valence-electron chi connectivity index (χ3n) is 5.75. The second kappa shape index (κ2) is 9.05. The van der Waals surface area contributed by atoms with Crippen molar-refractivity contribution in [3.8, 4) is 6.07 Å². The van der Waals surface area contributed by atoms with Crippen LogP contribution in [-0.2, 0) is 17.6 Å². The molecular weight excluding hydrogens is 336 g/mol. The van der Waals surface area contributed by atoms with Crippen molar-refractivity contribution in [2.75, 3.05) is 32.7 Å². The molecule has 1 fully saturated rings. The van der Waals surface area contributed by atoms with E-state index in [-0.39, 0.29) is 17.5 Å². The highest BCUT2D eigenvalue weighted by atomic mass is 16.1. The molecule has 144 valence electrons. The molecule has 1 unspecified atom stereocenters. The molecule has 0 bridgehead atoms. The first-order valence-electron chi connectivity index (χ1n) is 10.1. The fourth-order valence-corrected chi connectivity index (χ4v) is 3.91. The molecule has 1 aliphatic heterocycles. The van der Waals surface area contributed by atoms with Gasteiger partial charge in [0.05, 0.1) is 6.04 Å². The lowest BCUT2D eigenvalue weighted by Crippen LogP contribution is -2.44. The Morgan fingerprint density at radius 3 is 2.59 bits per heavy atom. The van der Waals surface area contributed by atoms with E-state index in [9.17, 15) is 10.1 Å². The SMILES string of the molecule is CCN1CCN(/C=C(/C#N)C(=O)NC(C)c2ccc3c(c2)CCCC3)CC1. The van der Waals surface area contributed by atoms with Gasteiger partial charge in [-0.05, 0) is 55.8 Å². The summed E-state index contributed by atoms with van der Waals surface area (Å²) in [6.07, 6.45) is 6.51. The number of nitrogens with one attached hydrogen (secondary N) is 1. The minimum atomic E-state index is -0.291. The monoisotopic (exact) mass is 366 g/mol. The minimum absolute atomic E-state index is 0.113. The molecule has 5 heteroatoms. The molecule has 0 aromatic heterocycles. The van der Waals surface area contributed by atoms with Gasteiger partial charge in [0.25, 0.3) is 5.91 Å². The molecule has 1 heterocycles. The molecule has 2 aliphatic rings. The Morgan fingerprint density at radius 2 is 1.93 bits per heavy atom. The van der Waals surface area contributed by atoms with Crippen molar-refractivity contribution < 1.29 is 4.79 Å². The van der Waals surface area contributed by atoms with Gasteiger partial charge in [-0.2, -0.15) is 5.26 Å². The van der Waals surface area contributed by atoms with Gasteiger partial charge in [0.2, 0.25) is 0 Å². The van der Waals surface area contributed by atoms with Crippen molar-refractivity contribution in [2.45, 2.75) is 45.6 Å². The van der Waals surface area contributed by atoms with Crippen LogP contribution in [0.3, 0.4) is 0 Å². The van der Waals surface area contributed by atoms with Crippen LogP contribution in [0.25, 0.3) is 0 Å². The molecule has 0 saturated carbocycles. The quantitative estimate of drug-likeness (QED) is 0.643. The van der Waals surface area contributed by atoms with Gasteiger partial charge in [-0.15, -0.1) is 0 Å². The number of likely N-dealkylation sites (N-methyl/N-ethyl adjacent to an activating group) is 1. The summed E-state index contributed by atoms with van der Waals surface area (Å²) in [5, 5.41) is 12.4. The smallest absolute Gasteiger partial charge is 0.263 e. The number of rotatable bonds is 5. The second-order valence-electron chi connectivity index (χ2n) is 7.56. The molecular formula is C22H30N4O. The molecule has 27 heavy (non-hydrogen) atoms. The van der Waals surface area contributed by atoms with Crippen molar-refractivity contribution in [3.05, 3.63) is 46.7 Å². The number of nitriles is 1.